The van der Waals surface area contributed by atoms with E-state index in [2.05, 4.69) is 10.1 Å². The predicted molar refractivity (Wildman–Crippen MR) is 119 cm³/mol. The van der Waals surface area contributed by atoms with Crippen LogP contribution in [0.1, 0.15) is 38.5 Å². The van der Waals surface area contributed by atoms with Crippen molar-refractivity contribution in [2.45, 2.75) is 43.6 Å². The number of sulfonamides is 1. The van der Waals surface area contributed by atoms with E-state index in [0.29, 0.717) is 54.0 Å². The van der Waals surface area contributed by atoms with E-state index in [1.807, 2.05) is 32.0 Å². The summed E-state index contributed by atoms with van der Waals surface area (Å²) in [7, 11) is -1.90. The molecule has 4 rings (SSSR count). The van der Waals surface area contributed by atoms with Crippen molar-refractivity contribution in [3.05, 3.63) is 54.4 Å². The Morgan fingerprint density at radius 1 is 1.06 bits per heavy atom. The van der Waals surface area contributed by atoms with E-state index in [1.54, 1.807) is 37.4 Å². The number of piperidine rings is 1. The Morgan fingerprint density at radius 2 is 1.78 bits per heavy atom. The molecule has 0 amide bonds. The van der Waals surface area contributed by atoms with E-state index in [-0.39, 0.29) is 12.0 Å². The van der Waals surface area contributed by atoms with E-state index in [9.17, 15) is 8.42 Å². The number of aromatic nitrogens is 2. The average Bonchev–Trinajstić information content (AvgIpc) is 3.30. The van der Waals surface area contributed by atoms with Gasteiger partial charge in [0.15, 0.2) is 11.5 Å². The second-order valence-electron chi connectivity index (χ2n) is 7.98. The second kappa shape index (κ2) is 9.30. The molecule has 8 nitrogen and oxygen atoms in total. The van der Waals surface area contributed by atoms with Gasteiger partial charge in [-0.3, -0.25) is 0 Å². The summed E-state index contributed by atoms with van der Waals surface area (Å²) in [6, 6.07) is 14.0. The minimum Gasteiger partial charge on any atom is -0.493 e. The summed E-state index contributed by atoms with van der Waals surface area (Å²) >= 11 is 0. The Balaban J connectivity index is 1.45. The first kappa shape index (κ1) is 22.3. The zero-order chi connectivity index (χ0) is 22.7. The van der Waals surface area contributed by atoms with E-state index in [1.165, 1.54) is 4.31 Å². The van der Waals surface area contributed by atoms with Crippen molar-refractivity contribution in [2.75, 3.05) is 20.2 Å². The summed E-state index contributed by atoms with van der Waals surface area (Å²) in [4.78, 5) is 4.89. The number of methoxy groups -OCH3 is 1. The summed E-state index contributed by atoms with van der Waals surface area (Å²) in [6.45, 7) is 4.73. The first-order valence-corrected chi connectivity index (χ1v) is 12.1. The maximum Gasteiger partial charge on any atom is 0.243 e. The van der Waals surface area contributed by atoms with Gasteiger partial charge >= 0.3 is 0 Å². The molecule has 1 aliphatic rings. The molecule has 3 aromatic rings. The molecule has 9 heteroatoms. The van der Waals surface area contributed by atoms with E-state index < -0.39 is 10.0 Å². The normalized spacial score (nSPS) is 15.8. The van der Waals surface area contributed by atoms with Gasteiger partial charge in [-0.15, -0.1) is 0 Å². The van der Waals surface area contributed by atoms with Crippen LogP contribution in [0.2, 0.25) is 0 Å². The maximum absolute atomic E-state index is 12.8. The molecule has 170 valence electrons. The van der Waals surface area contributed by atoms with Crippen molar-refractivity contribution in [1.82, 2.24) is 14.4 Å². The third-order valence-corrected chi connectivity index (χ3v) is 7.32. The number of ether oxygens (including phenoxy) is 2. The van der Waals surface area contributed by atoms with Crippen LogP contribution < -0.4 is 9.47 Å². The molecule has 0 saturated carbocycles. The van der Waals surface area contributed by atoms with Crippen molar-refractivity contribution < 1.29 is 22.4 Å². The van der Waals surface area contributed by atoms with Gasteiger partial charge in [-0.2, -0.15) is 9.29 Å². The van der Waals surface area contributed by atoms with Crippen molar-refractivity contribution in [3.63, 3.8) is 0 Å². The molecule has 0 N–H and O–H groups in total. The molecule has 0 aliphatic carbocycles. The molecule has 0 unspecified atom stereocenters. The second-order valence-corrected chi connectivity index (χ2v) is 9.92. The molecule has 2 aromatic carbocycles. The smallest absolute Gasteiger partial charge is 0.243 e. The number of rotatable bonds is 7. The van der Waals surface area contributed by atoms with Gasteiger partial charge < -0.3 is 14.0 Å². The van der Waals surface area contributed by atoms with Gasteiger partial charge in [0.2, 0.25) is 21.7 Å². The molecule has 0 radical (unpaired) electrons. The fraction of sp³-hybridized carbons (Fsp3) is 0.391. The summed E-state index contributed by atoms with van der Waals surface area (Å²) < 4.78 is 43.9. The molecule has 2 heterocycles. The Labute approximate surface area is 188 Å². The maximum atomic E-state index is 12.8. The van der Waals surface area contributed by atoms with Crippen LogP contribution in [-0.4, -0.2) is 49.2 Å². The molecular weight excluding hydrogens is 430 g/mol. The fourth-order valence-corrected chi connectivity index (χ4v) is 5.25. The third kappa shape index (κ3) is 4.63. The van der Waals surface area contributed by atoms with Crippen LogP contribution in [-0.2, 0) is 10.0 Å². The number of benzene rings is 2. The fourth-order valence-electron chi connectivity index (χ4n) is 3.76. The van der Waals surface area contributed by atoms with Gasteiger partial charge in [0, 0.05) is 24.6 Å². The largest absolute Gasteiger partial charge is 0.493 e. The van der Waals surface area contributed by atoms with Crippen LogP contribution in [0.4, 0.5) is 0 Å². The summed E-state index contributed by atoms with van der Waals surface area (Å²) in [5.74, 6) is 2.26. The highest BCUT2D eigenvalue weighted by molar-refractivity contribution is 7.89. The van der Waals surface area contributed by atoms with Crippen molar-refractivity contribution >= 4 is 10.0 Å². The SMILES string of the molecule is COc1cc(-c2noc(C3CCN(S(=O)(=O)c4ccccc4)CC3)n2)ccc1OC(C)C. The van der Waals surface area contributed by atoms with E-state index in [0.717, 1.165) is 5.56 Å². The zero-order valence-electron chi connectivity index (χ0n) is 18.4. The van der Waals surface area contributed by atoms with Gasteiger partial charge in [0.1, 0.15) is 0 Å². The third-order valence-electron chi connectivity index (χ3n) is 5.41. The number of nitrogens with zero attached hydrogens (tertiary/aromatic N) is 3. The van der Waals surface area contributed by atoms with Gasteiger partial charge in [-0.05, 0) is 57.0 Å². The van der Waals surface area contributed by atoms with Gasteiger partial charge in [-0.25, -0.2) is 8.42 Å². The average molecular weight is 458 g/mol. The van der Waals surface area contributed by atoms with Gasteiger partial charge in [0.25, 0.3) is 0 Å². The van der Waals surface area contributed by atoms with Crippen LogP contribution in [0.3, 0.4) is 0 Å². The lowest BCUT2D eigenvalue weighted by Crippen LogP contribution is -2.37. The molecule has 0 bridgehead atoms. The van der Waals surface area contributed by atoms with E-state index in [4.69, 9.17) is 14.0 Å². The number of hydrogen-bond donors (Lipinski definition) is 0. The first-order chi connectivity index (χ1) is 15.4. The highest BCUT2D eigenvalue weighted by Crippen LogP contribution is 2.34. The van der Waals surface area contributed by atoms with Crippen molar-refractivity contribution in [1.29, 1.82) is 0 Å². The molecule has 1 aliphatic heterocycles. The number of hydrogen-bond acceptors (Lipinski definition) is 7. The molecule has 1 saturated heterocycles. The van der Waals surface area contributed by atoms with Crippen LogP contribution >= 0.6 is 0 Å². The lowest BCUT2D eigenvalue weighted by atomic mass is 9.98. The predicted octanol–water partition coefficient (Wildman–Crippen LogP) is 4.10. The molecule has 1 aromatic heterocycles. The Kier molecular flexibility index (Phi) is 6.48. The summed E-state index contributed by atoms with van der Waals surface area (Å²) in [5.41, 5.74) is 0.761. The van der Waals surface area contributed by atoms with Crippen LogP contribution in [0, 0.1) is 0 Å². The van der Waals surface area contributed by atoms with Crippen molar-refractivity contribution in [3.8, 4) is 22.9 Å². The Morgan fingerprint density at radius 3 is 2.44 bits per heavy atom. The molecule has 1 fully saturated rings. The quantitative estimate of drug-likeness (QED) is 0.527. The lowest BCUT2D eigenvalue weighted by molar-refractivity contribution is 0.230. The molecule has 32 heavy (non-hydrogen) atoms. The Bertz CT molecular complexity index is 1150. The molecule has 0 spiro atoms. The van der Waals surface area contributed by atoms with Crippen LogP contribution in [0.25, 0.3) is 11.4 Å². The van der Waals surface area contributed by atoms with E-state index >= 15 is 0 Å². The standard InChI is InChI=1S/C23H27N3O5S/c1-16(2)30-20-10-9-18(15-21(20)29-3)22-24-23(31-25-22)17-11-13-26(14-12-17)32(27,28)19-7-5-4-6-8-19/h4-10,15-17H,11-14H2,1-3H3. The van der Waals surface area contributed by atoms with Gasteiger partial charge in [0.05, 0.1) is 18.1 Å². The summed E-state index contributed by atoms with van der Waals surface area (Å²) in [6.07, 6.45) is 1.28. The monoisotopic (exact) mass is 457 g/mol. The minimum atomic E-state index is -3.49. The summed E-state index contributed by atoms with van der Waals surface area (Å²) in [5, 5.41) is 4.13. The molecular formula is C23H27N3O5S. The first-order valence-electron chi connectivity index (χ1n) is 10.6. The highest BCUT2D eigenvalue weighted by Gasteiger charge is 2.32. The topological polar surface area (TPSA) is 94.8 Å². The van der Waals surface area contributed by atoms with Crippen LogP contribution in [0.5, 0.6) is 11.5 Å². The van der Waals surface area contributed by atoms with Crippen molar-refractivity contribution in [2.24, 2.45) is 0 Å². The lowest BCUT2D eigenvalue weighted by Gasteiger charge is -2.29. The molecule has 0 atom stereocenters. The Hall–Kier alpha value is -2.91. The van der Waals surface area contributed by atoms with Gasteiger partial charge in [-0.1, -0.05) is 23.4 Å². The minimum absolute atomic E-state index is 0.0175. The zero-order valence-corrected chi connectivity index (χ0v) is 19.2. The highest BCUT2D eigenvalue weighted by atomic mass is 32.2. The van der Waals surface area contributed by atoms with Crippen LogP contribution in [0.15, 0.2) is 57.9 Å².